The molecule has 2 aromatic rings. The van der Waals surface area contributed by atoms with E-state index in [1.807, 2.05) is 6.07 Å². The van der Waals surface area contributed by atoms with Gasteiger partial charge in [0.15, 0.2) is 0 Å². The highest BCUT2D eigenvalue weighted by molar-refractivity contribution is 6.08. The molecule has 0 bridgehead atoms. The second-order valence-electron chi connectivity index (χ2n) is 4.63. The van der Waals surface area contributed by atoms with Crippen LogP contribution in [0.4, 0.5) is 5.69 Å². The molecule has 1 amide bonds. The molecule has 0 radical (unpaired) electrons. The van der Waals surface area contributed by atoms with Crippen molar-refractivity contribution in [3.8, 4) is 0 Å². The quantitative estimate of drug-likeness (QED) is 0.741. The second-order valence-corrected chi connectivity index (χ2v) is 4.63. The maximum Gasteiger partial charge on any atom is 0.255 e. The standard InChI is InChI=1S/C14H15N3O/c1-8-3-4-10-12(9(8)2)17-7-11-13(10)15-5-6-16-14(11)18/h3-4,7,15H,5-6H2,1-2H3,(H,16,18). The minimum Gasteiger partial charge on any atom is -0.382 e. The predicted molar refractivity (Wildman–Crippen MR) is 72.0 cm³/mol. The monoisotopic (exact) mass is 241 g/mol. The summed E-state index contributed by atoms with van der Waals surface area (Å²) >= 11 is 0. The maximum absolute atomic E-state index is 11.9. The van der Waals surface area contributed by atoms with Crippen molar-refractivity contribution in [2.45, 2.75) is 13.8 Å². The van der Waals surface area contributed by atoms with Gasteiger partial charge in [-0.1, -0.05) is 12.1 Å². The third-order valence-corrected chi connectivity index (χ3v) is 3.52. The van der Waals surface area contributed by atoms with Crippen LogP contribution in [0.1, 0.15) is 21.5 Å². The largest absolute Gasteiger partial charge is 0.382 e. The predicted octanol–water partition coefficient (Wildman–Crippen LogP) is 2.01. The molecule has 0 aliphatic carbocycles. The minimum atomic E-state index is -0.0531. The fraction of sp³-hybridized carbons (Fsp3) is 0.286. The van der Waals surface area contributed by atoms with Crippen molar-refractivity contribution in [2.75, 3.05) is 18.4 Å². The summed E-state index contributed by atoms with van der Waals surface area (Å²) in [6.07, 6.45) is 1.66. The van der Waals surface area contributed by atoms with E-state index in [9.17, 15) is 4.79 Å². The van der Waals surface area contributed by atoms with Gasteiger partial charge in [0, 0.05) is 24.7 Å². The fourth-order valence-electron chi connectivity index (χ4n) is 2.33. The number of pyridine rings is 1. The molecule has 2 heterocycles. The summed E-state index contributed by atoms with van der Waals surface area (Å²) in [5.74, 6) is -0.0531. The molecule has 0 unspecified atom stereocenters. The lowest BCUT2D eigenvalue weighted by Crippen LogP contribution is -2.24. The van der Waals surface area contributed by atoms with Crippen LogP contribution < -0.4 is 10.6 Å². The lowest BCUT2D eigenvalue weighted by Gasteiger charge is -2.12. The van der Waals surface area contributed by atoms with Crippen molar-refractivity contribution in [3.05, 3.63) is 35.0 Å². The number of nitrogens with one attached hydrogen (secondary N) is 2. The first kappa shape index (κ1) is 11.0. The number of aryl methyl sites for hydroxylation is 2. The highest BCUT2D eigenvalue weighted by Crippen LogP contribution is 2.29. The molecule has 0 atom stereocenters. The molecule has 0 spiro atoms. The van der Waals surface area contributed by atoms with E-state index in [4.69, 9.17) is 0 Å². The molecular weight excluding hydrogens is 226 g/mol. The first-order chi connectivity index (χ1) is 8.68. The Morgan fingerprint density at radius 2 is 1.94 bits per heavy atom. The zero-order valence-corrected chi connectivity index (χ0v) is 10.5. The summed E-state index contributed by atoms with van der Waals surface area (Å²) < 4.78 is 0. The van der Waals surface area contributed by atoms with Gasteiger partial charge in [0.25, 0.3) is 5.91 Å². The summed E-state index contributed by atoms with van der Waals surface area (Å²) in [5.41, 5.74) is 4.88. The number of hydrogen-bond donors (Lipinski definition) is 2. The molecular formula is C14H15N3O. The van der Waals surface area contributed by atoms with E-state index in [1.54, 1.807) is 6.20 Å². The van der Waals surface area contributed by atoms with Crippen LogP contribution >= 0.6 is 0 Å². The van der Waals surface area contributed by atoms with Crippen molar-refractivity contribution in [1.29, 1.82) is 0 Å². The van der Waals surface area contributed by atoms with Crippen LogP contribution in [0.5, 0.6) is 0 Å². The van der Waals surface area contributed by atoms with Gasteiger partial charge >= 0.3 is 0 Å². The van der Waals surface area contributed by atoms with Gasteiger partial charge in [-0.05, 0) is 25.0 Å². The van der Waals surface area contributed by atoms with E-state index in [1.165, 1.54) is 11.1 Å². The lowest BCUT2D eigenvalue weighted by atomic mass is 10.0. The molecule has 0 saturated heterocycles. The van der Waals surface area contributed by atoms with Crippen LogP contribution in [0, 0.1) is 13.8 Å². The normalized spacial score (nSPS) is 14.7. The molecule has 18 heavy (non-hydrogen) atoms. The van der Waals surface area contributed by atoms with Crippen molar-refractivity contribution >= 4 is 22.5 Å². The Hall–Kier alpha value is -2.10. The molecule has 1 aliphatic rings. The number of carbonyl (C=O) groups excluding carboxylic acids is 1. The number of fused-ring (bicyclic) bond motifs is 3. The van der Waals surface area contributed by atoms with Crippen LogP contribution in [0.3, 0.4) is 0 Å². The van der Waals surface area contributed by atoms with Gasteiger partial charge in [-0.25, -0.2) is 0 Å². The van der Waals surface area contributed by atoms with Crippen LogP contribution in [-0.2, 0) is 0 Å². The van der Waals surface area contributed by atoms with Gasteiger partial charge in [0.05, 0.1) is 16.8 Å². The van der Waals surface area contributed by atoms with Gasteiger partial charge in [0.1, 0.15) is 0 Å². The SMILES string of the molecule is Cc1ccc2c3c(cnc2c1C)C(=O)NCCN3. The summed E-state index contributed by atoms with van der Waals surface area (Å²) in [5, 5.41) is 7.19. The Kier molecular flexibility index (Phi) is 2.44. The third kappa shape index (κ3) is 1.53. The third-order valence-electron chi connectivity index (χ3n) is 3.52. The number of carbonyl (C=O) groups is 1. The summed E-state index contributed by atoms with van der Waals surface area (Å²) in [6, 6.07) is 4.11. The van der Waals surface area contributed by atoms with Crippen LogP contribution in [0.2, 0.25) is 0 Å². The van der Waals surface area contributed by atoms with E-state index >= 15 is 0 Å². The number of rotatable bonds is 0. The number of aromatic nitrogens is 1. The summed E-state index contributed by atoms with van der Waals surface area (Å²) in [4.78, 5) is 16.4. The van der Waals surface area contributed by atoms with Gasteiger partial charge < -0.3 is 10.6 Å². The molecule has 3 rings (SSSR count). The van der Waals surface area contributed by atoms with Gasteiger partial charge in [-0.3, -0.25) is 9.78 Å². The number of nitrogens with zero attached hydrogens (tertiary/aromatic N) is 1. The zero-order valence-electron chi connectivity index (χ0n) is 10.5. The van der Waals surface area contributed by atoms with Crippen LogP contribution in [0.15, 0.2) is 18.3 Å². The highest BCUT2D eigenvalue weighted by atomic mass is 16.1. The average Bonchev–Trinajstić information content (AvgIpc) is 2.56. The van der Waals surface area contributed by atoms with Gasteiger partial charge in [-0.2, -0.15) is 0 Å². The van der Waals surface area contributed by atoms with Crippen molar-refractivity contribution in [1.82, 2.24) is 10.3 Å². The molecule has 1 aliphatic heterocycles. The van der Waals surface area contributed by atoms with Crippen LogP contribution in [-0.4, -0.2) is 24.0 Å². The van der Waals surface area contributed by atoms with E-state index < -0.39 is 0 Å². The molecule has 1 aromatic carbocycles. The Morgan fingerprint density at radius 1 is 1.17 bits per heavy atom. The number of amides is 1. The molecule has 2 N–H and O–H groups in total. The summed E-state index contributed by atoms with van der Waals surface area (Å²) in [6.45, 7) is 5.51. The van der Waals surface area contributed by atoms with E-state index in [0.717, 1.165) is 23.1 Å². The molecule has 92 valence electrons. The first-order valence-electron chi connectivity index (χ1n) is 6.09. The highest BCUT2D eigenvalue weighted by Gasteiger charge is 2.18. The Labute approximate surface area is 105 Å². The molecule has 0 saturated carbocycles. The Bertz CT molecular complexity index is 649. The Morgan fingerprint density at radius 3 is 2.78 bits per heavy atom. The van der Waals surface area contributed by atoms with Crippen molar-refractivity contribution < 1.29 is 4.79 Å². The van der Waals surface area contributed by atoms with Crippen LogP contribution in [0.25, 0.3) is 10.9 Å². The number of benzene rings is 1. The van der Waals surface area contributed by atoms with Gasteiger partial charge in [0.2, 0.25) is 0 Å². The molecule has 4 heteroatoms. The molecule has 4 nitrogen and oxygen atoms in total. The minimum absolute atomic E-state index is 0.0531. The molecule has 1 aromatic heterocycles. The second kappa shape index (κ2) is 3.98. The molecule has 0 fully saturated rings. The fourth-order valence-corrected chi connectivity index (χ4v) is 2.33. The first-order valence-corrected chi connectivity index (χ1v) is 6.09. The average molecular weight is 241 g/mol. The zero-order chi connectivity index (χ0) is 12.7. The van der Waals surface area contributed by atoms with Gasteiger partial charge in [-0.15, -0.1) is 0 Å². The lowest BCUT2D eigenvalue weighted by molar-refractivity contribution is 0.0958. The smallest absolute Gasteiger partial charge is 0.255 e. The van der Waals surface area contributed by atoms with E-state index in [-0.39, 0.29) is 5.91 Å². The van der Waals surface area contributed by atoms with Crippen molar-refractivity contribution in [3.63, 3.8) is 0 Å². The summed E-state index contributed by atoms with van der Waals surface area (Å²) in [7, 11) is 0. The maximum atomic E-state index is 11.9. The van der Waals surface area contributed by atoms with E-state index in [2.05, 4.69) is 35.5 Å². The van der Waals surface area contributed by atoms with Crippen molar-refractivity contribution in [2.24, 2.45) is 0 Å². The number of hydrogen-bond acceptors (Lipinski definition) is 3. The topological polar surface area (TPSA) is 54.0 Å². The Balaban J connectivity index is 2.35. The number of anilines is 1. The van der Waals surface area contributed by atoms with E-state index in [0.29, 0.717) is 12.1 Å².